The minimum atomic E-state index is 0.955. The average molecular weight is 142 g/mol. The van der Waals surface area contributed by atoms with Crippen LogP contribution in [0.2, 0.25) is 0 Å². The fourth-order valence-corrected chi connectivity index (χ4v) is 0.689. The highest BCUT2D eigenvalue weighted by atomic mass is 15.1. The molecule has 0 saturated carbocycles. The third kappa shape index (κ3) is 4.36. The first-order chi connectivity index (χ1) is 4.85. The molecule has 0 spiro atoms. The molecule has 10 heavy (non-hydrogen) atoms. The maximum absolute atomic E-state index is 4.23. The number of hydrogen-bond donors (Lipinski definition) is 0. The zero-order valence-electron chi connectivity index (χ0n) is 7.30. The summed E-state index contributed by atoms with van der Waals surface area (Å²) < 4.78 is 0. The van der Waals surface area contributed by atoms with Crippen molar-refractivity contribution in [3.8, 4) is 0 Å². The molecule has 0 aromatic rings. The Hall–Kier alpha value is -0.530. The molecule has 60 valence electrons. The molecule has 0 aliphatic heterocycles. The number of aliphatic imine (C=N–C) groups is 1. The fraction of sp³-hybridized carbons (Fsp3) is 0.875. The minimum Gasteiger partial charge on any atom is -0.364 e. The normalized spacial score (nSPS) is 10.7. The molecule has 0 aliphatic rings. The molecule has 2 heteroatoms. The van der Waals surface area contributed by atoms with Gasteiger partial charge in [-0.15, -0.1) is 0 Å². The van der Waals surface area contributed by atoms with E-state index in [1.54, 1.807) is 0 Å². The van der Waals surface area contributed by atoms with Crippen molar-refractivity contribution < 1.29 is 0 Å². The lowest BCUT2D eigenvalue weighted by Gasteiger charge is -2.12. The Kier molecular flexibility index (Phi) is 6.24. The summed E-state index contributed by atoms with van der Waals surface area (Å²) in [5, 5.41) is 0. The van der Waals surface area contributed by atoms with Crippen LogP contribution in [0, 0.1) is 0 Å². The van der Waals surface area contributed by atoms with Gasteiger partial charge >= 0.3 is 0 Å². The number of nitrogens with zero attached hydrogens (tertiary/aromatic N) is 2. The molecule has 0 aliphatic carbocycles. The van der Waals surface area contributed by atoms with Gasteiger partial charge in [0.05, 0.1) is 6.34 Å². The Balaban J connectivity index is 3.40. The summed E-state index contributed by atoms with van der Waals surface area (Å²) in [6.45, 7) is 9.49. The van der Waals surface area contributed by atoms with Gasteiger partial charge in [0.1, 0.15) is 0 Å². The van der Waals surface area contributed by atoms with Crippen molar-refractivity contribution in [1.82, 2.24) is 4.90 Å². The van der Waals surface area contributed by atoms with Gasteiger partial charge in [0, 0.05) is 19.6 Å². The Labute approximate surface area is 63.9 Å². The summed E-state index contributed by atoms with van der Waals surface area (Å²) in [6.07, 6.45) is 3.08. The molecule has 0 unspecified atom stereocenters. The van der Waals surface area contributed by atoms with Crippen LogP contribution >= 0.6 is 0 Å². The van der Waals surface area contributed by atoms with Crippen molar-refractivity contribution in [2.24, 2.45) is 4.99 Å². The Bertz CT molecular complexity index is 85.3. The molecule has 0 rings (SSSR count). The van der Waals surface area contributed by atoms with Gasteiger partial charge in [-0.3, -0.25) is 4.99 Å². The van der Waals surface area contributed by atoms with Gasteiger partial charge in [-0.25, -0.2) is 0 Å². The molecule has 2 nitrogen and oxygen atoms in total. The van der Waals surface area contributed by atoms with Crippen LogP contribution < -0.4 is 0 Å². The van der Waals surface area contributed by atoms with Gasteiger partial charge in [0.25, 0.3) is 0 Å². The van der Waals surface area contributed by atoms with E-state index in [1.165, 1.54) is 0 Å². The van der Waals surface area contributed by atoms with E-state index in [0.29, 0.717) is 0 Å². The quantitative estimate of drug-likeness (QED) is 0.422. The Morgan fingerprint density at radius 3 is 2.20 bits per heavy atom. The van der Waals surface area contributed by atoms with Crippen LogP contribution in [-0.2, 0) is 0 Å². The zero-order chi connectivity index (χ0) is 7.82. The highest BCUT2D eigenvalue weighted by Crippen LogP contribution is 1.82. The molecule has 0 saturated heterocycles. The smallest absolute Gasteiger partial charge is 0.0849 e. The van der Waals surface area contributed by atoms with Crippen LogP contribution in [0.5, 0.6) is 0 Å². The molecule has 0 heterocycles. The first kappa shape index (κ1) is 9.47. The molecule has 0 aromatic carbocycles. The minimum absolute atomic E-state index is 0.955. The molecular weight excluding hydrogens is 124 g/mol. The highest BCUT2D eigenvalue weighted by molar-refractivity contribution is 5.54. The summed E-state index contributed by atoms with van der Waals surface area (Å²) in [7, 11) is 0. The summed E-state index contributed by atoms with van der Waals surface area (Å²) in [6, 6.07) is 0. The largest absolute Gasteiger partial charge is 0.364 e. The van der Waals surface area contributed by atoms with Gasteiger partial charge in [0.2, 0.25) is 0 Å². The van der Waals surface area contributed by atoms with Crippen molar-refractivity contribution >= 4 is 6.34 Å². The summed E-state index contributed by atoms with van der Waals surface area (Å²) >= 11 is 0. The Morgan fingerprint density at radius 2 is 1.80 bits per heavy atom. The number of rotatable bonds is 5. The van der Waals surface area contributed by atoms with E-state index in [9.17, 15) is 0 Å². The second-order valence-corrected chi connectivity index (χ2v) is 2.24. The van der Waals surface area contributed by atoms with E-state index in [1.807, 2.05) is 6.34 Å². The summed E-state index contributed by atoms with van der Waals surface area (Å²) in [4.78, 5) is 6.42. The highest BCUT2D eigenvalue weighted by Gasteiger charge is 1.87. The molecule has 0 aromatic heterocycles. The standard InChI is InChI=1S/C8H18N2/c1-4-7-9-8-10(5-2)6-3/h8H,4-7H2,1-3H3. The summed E-state index contributed by atoms with van der Waals surface area (Å²) in [5.41, 5.74) is 0. The van der Waals surface area contributed by atoms with Crippen LogP contribution in [0.15, 0.2) is 4.99 Å². The molecule has 0 bridgehead atoms. The van der Waals surface area contributed by atoms with Crippen LogP contribution in [0.3, 0.4) is 0 Å². The maximum Gasteiger partial charge on any atom is 0.0849 e. The van der Waals surface area contributed by atoms with Gasteiger partial charge in [-0.2, -0.15) is 0 Å². The van der Waals surface area contributed by atoms with Crippen molar-refractivity contribution in [2.45, 2.75) is 27.2 Å². The monoisotopic (exact) mass is 142 g/mol. The Morgan fingerprint density at radius 1 is 1.20 bits per heavy atom. The fourth-order valence-electron chi connectivity index (χ4n) is 0.689. The topological polar surface area (TPSA) is 15.6 Å². The van der Waals surface area contributed by atoms with Gasteiger partial charge < -0.3 is 4.90 Å². The zero-order valence-corrected chi connectivity index (χ0v) is 7.30. The molecular formula is C8H18N2. The second-order valence-electron chi connectivity index (χ2n) is 2.24. The van der Waals surface area contributed by atoms with Crippen molar-refractivity contribution in [3.05, 3.63) is 0 Å². The molecule has 0 atom stereocenters. The van der Waals surface area contributed by atoms with E-state index in [2.05, 4.69) is 30.7 Å². The van der Waals surface area contributed by atoms with Gasteiger partial charge in [-0.1, -0.05) is 6.92 Å². The van der Waals surface area contributed by atoms with E-state index in [-0.39, 0.29) is 0 Å². The van der Waals surface area contributed by atoms with E-state index >= 15 is 0 Å². The van der Waals surface area contributed by atoms with Gasteiger partial charge in [-0.05, 0) is 20.3 Å². The van der Waals surface area contributed by atoms with Gasteiger partial charge in [0.15, 0.2) is 0 Å². The molecule has 0 radical (unpaired) electrons. The van der Waals surface area contributed by atoms with Crippen LogP contribution in [0.4, 0.5) is 0 Å². The number of hydrogen-bond acceptors (Lipinski definition) is 1. The van der Waals surface area contributed by atoms with Crippen molar-refractivity contribution in [2.75, 3.05) is 19.6 Å². The lowest BCUT2D eigenvalue weighted by molar-refractivity contribution is 0.477. The van der Waals surface area contributed by atoms with E-state index in [0.717, 1.165) is 26.1 Å². The summed E-state index contributed by atoms with van der Waals surface area (Å²) in [5.74, 6) is 0. The van der Waals surface area contributed by atoms with Crippen LogP contribution in [0.25, 0.3) is 0 Å². The van der Waals surface area contributed by atoms with E-state index in [4.69, 9.17) is 0 Å². The third-order valence-corrected chi connectivity index (χ3v) is 1.41. The van der Waals surface area contributed by atoms with Crippen LogP contribution in [0.1, 0.15) is 27.2 Å². The molecule has 0 amide bonds. The van der Waals surface area contributed by atoms with Crippen molar-refractivity contribution in [1.29, 1.82) is 0 Å². The molecule has 0 N–H and O–H groups in total. The second kappa shape index (κ2) is 6.59. The van der Waals surface area contributed by atoms with E-state index < -0.39 is 0 Å². The first-order valence-corrected chi connectivity index (χ1v) is 4.09. The molecule has 0 fully saturated rings. The van der Waals surface area contributed by atoms with Crippen molar-refractivity contribution in [3.63, 3.8) is 0 Å². The lowest BCUT2D eigenvalue weighted by atomic mass is 10.5. The average Bonchev–Trinajstić information content (AvgIpc) is 1.99. The predicted molar refractivity (Wildman–Crippen MR) is 46.6 cm³/mol. The van der Waals surface area contributed by atoms with Crippen LogP contribution in [-0.4, -0.2) is 30.9 Å². The SMILES string of the molecule is CCCN=CN(CC)CC. The first-order valence-electron chi connectivity index (χ1n) is 4.09. The maximum atomic E-state index is 4.23. The predicted octanol–water partition coefficient (Wildman–Crippen LogP) is 1.77. The lowest BCUT2D eigenvalue weighted by Crippen LogP contribution is -2.20. The third-order valence-electron chi connectivity index (χ3n) is 1.41.